The lowest BCUT2D eigenvalue weighted by Crippen LogP contribution is -2.38. The summed E-state index contributed by atoms with van der Waals surface area (Å²) in [6, 6.07) is 0. The summed E-state index contributed by atoms with van der Waals surface area (Å²) in [6.07, 6.45) is 7.54. The maximum Gasteiger partial charge on any atom is 0.410 e. The molecule has 0 aromatic heterocycles. The summed E-state index contributed by atoms with van der Waals surface area (Å²) in [6.45, 7) is 7.08. The van der Waals surface area contributed by atoms with E-state index in [1.807, 2.05) is 20.8 Å². The molecule has 1 heterocycles. The average molecular weight is 221 g/mol. The predicted octanol–water partition coefficient (Wildman–Crippen LogP) is 2.27. The first-order chi connectivity index (χ1) is 7.36. The van der Waals surface area contributed by atoms with Gasteiger partial charge in [0.15, 0.2) is 0 Å². The van der Waals surface area contributed by atoms with Gasteiger partial charge in [-0.05, 0) is 39.5 Å². The number of amides is 1. The van der Waals surface area contributed by atoms with Crippen molar-refractivity contribution in [2.24, 2.45) is 11.3 Å². The maximum absolute atomic E-state index is 11.9. The van der Waals surface area contributed by atoms with Gasteiger partial charge in [0.1, 0.15) is 5.60 Å². The molecule has 3 nitrogen and oxygen atoms in total. The SMILES string of the molecule is C#CC12CCC1CN(C(=O)OC(C)(C)C)C2. The van der Waals surface area contributed by atoms with Gasteiger partial charge in [0.2, 0.25) is 0 Å². The summed E-state index contributed by atoms with van der Waals surface area (Å²) in [7, 11) is 0. The highest BCUT2D eigenvalue weighted by Crippen LogP contribution is 2.51. The van der Waals surface area contributed by atoms with Gasteiger partial charge in [0.25, 0.3) is 0 Å². The van der Waals surface area contributed by atoms with Crippen molar-refractivity contribution in [2.75, 3.05) is 13.1 Å². The Kier molecular flexibility index (Phi) is 2.41. The molecule has 1 amide bonds. The molecule has 1 saturated heterocycles. The minimum absolute atomic E-state index is 0.0447. The van der Waals surface area contributed by atoms with E-state index in [1.165, 1.54) is 0 Å². The molecule has 0 radical (unpaired) electrons. The molecule has 3 heteroatoms. The van der Waals surface area contributed by atoms with Gasteiger partial charge < -0.3 is 9.64 Å². The van der Waals surface area contributed by atoms with Crippen molar-refractivity contribution < 1.29 is 9.53 Å². The maximum atomic E-state index is 11.9. The predicted molar refractivity (Wildman–Crippen MR) is 61.8 cm³/mol. The molecule has 1 aliphatic heterocycles. The molecule has 2 rings (SSSR count). The number of likely N-dealkylation sites (tertiary alicyclic amines) is 1. The van der Waals surface area contributed by atoms with Crippen molar-refractivity contribution in [3.05, 3.63) is 0 Å². The first-order valence-corrected chi connectivity index (χ1v) is 5.82. The molecule has 16 heavy (non-hydrogen) atoms. The summed E-state index contributed by atoms with van der Waals surface area (Å²) >= 11 is 0. The highest BCUT2D eigenvalue weighted by atomic mass is 16.6. The van der Waals surface area contributed by atoms with E-state index in [-0.39, 0.29) is 11.5 Å². The van der Waals surface area contributed by atoms with Crippen LogP contribution in [-0.2, 0) is 4.74 Å². The Balaban J connectivity index is 1.99. The second kappa shape index (κ2) is 3.41. The van der Waals surface area contributed by atoms with Crippen LogP contribution in [0.2, 0.25) is 0 Å². The number of fused-ring (bicyclic) bond motifs is 1. The smallest absolute Gasteiger partial charge is 0.410 e. The Morgan fingerprint density at radius 3 is 2.62 bits per heavy atom. The Bertz CT molecular complexity index is 350. The molecule has 2 aliphatic rings. The molecule has 2 atom stereocenters. The van der Waals surface area contributed by atoms with Crippen LogP contribution in [0.25, 0.3) is 0 Å². The lowest BCUT2D eigenvalue weighted by molar-refractivity contribution is 0.0283. The third-order valence-electron chi connectivity index (χ3n) is 3.57. The van der Waals surface area contributed by atoms with Crippen molar-refractivity contribution in [3.8, 4) is 12.3 Å². The highest BCUT2D eigenvalue weighted by molar-refractivity contribution is 5.69. The van der Waals surface area contributed by atoms with Crippen LogP contribution in [0.1, 0.15) is 33.6 Å². The van der Waals surface area contributed by atoms with Gasteiger partial charge in [-0.2, -0.15) is 0 Å². The Labute approximate surface area is 97.1 Å². The van der Waals surface area contributed by atoms with Crippen LogP contribution < -0.4 is 0 Å². The van der Waals surface area contributed by atoms with E-state index in [0.717, 1.165) is 19.4 Å². The van der Waals surface area contributed by atoms with Crippen LogP contribution in [0, 0.1) is 23.7 Å². The third-order valence-corrected chi connectivity index (χ3v) is 3.57. The molecule has 0 bridgehead atoms. The number of nitrogens with zero attached hydrogens (tertiary/aromatic N) is 1. The van der Waals surface area contributed by atoms with E-state index in [0.29, 0.717) is 12.5 Å². The molecule has 2 unspecified atom stereocenters. The third kappa shape index (κ3) is 1.77. The topological polar surface area (TPSA) is 29.5 Å². The lowest BCUT2D eigenvalue weighted by atomic mass is 9.63. The summed E-state index contributed by atoms with van der Waals surface area (Å²) in [5.41, 5.74) is -0.473. The fourth-order valence-electron chi connectivity index (χ4n) is 2.54. The van der Waals surface area contributed by atoms with Crippen LogP contribution in [0.4, 0.5) is 4.79 Å². The molecule has 1 aliphatic carbocycles. The van der Waals surface area contributed by atoms with E-state index in [9.17, 15) is 4.79 Å². The van der Waals surface area contributed by atoms with Gasteiger partial charge in [-0.3, -0.25) is 0 Å². The summed E-state index contributed by atoms with van der Waals surface area (Å²) in [5.74, 6) is 3.37. The zero-order chi connectivity index (χ0) is 12.0. The molecule has 88 valence electrons. The molecule has 0 aromatic rings. The fraction of sp³-hybridized carbons (Fsp3) is 0.769. The average Bonchev–Trinajstić information content (AvgIpc) is 2.37. The first kappa shape index (κ1) is 11.3. The van der Waals surface area contributed by atoms with Gasteiger partial charge in [-0.15, -0.1) is 6.42 Å². The quantitative estimate of drug-likeness (QED) is 0.587. The molecule has 1 saturated carbocycles. The largest absolute Gasteiger partial charge is 0.444 e. The normalized spacial score (nSPS) is 32.6. The van der Waals surface area contributed by atoms with Crippen LogP contribution in [0.3, 0.4) is 0 Å². The zero-order valence-electron chi connectivity index (χ0n) is 10.2. The van der Waals surface area contributed by atoms with Crippen molar-refractivity contribution >= 4 is 6.09 Å². The second-order valence-corrected chi connectivity index (χ2v) is 5.90. The van der Waals surface area contributed by atoms with E-state index in [1.54, 1.807) is 4.90 Å². The van der Waals surface area contributed by atoms with E-state index in [2.05, 4.69) is 5.92 Å². The van der Waals surface area contributed by atoms with Gasteiger partial charge in [-0.25, -0.2) is 4.79 Å². The van der Waals surface area contributed by atoms with E-state index >= 15 is 0 Å². The number of hydrogen-bond acceptors (Lipinski definition) is 2. The summed E-state index contributed by atoms with van der Waals surface area (Å²) < 4.78 is 5.35. The molecule has 2 fully saturated rings. The molecule has 0 aromatic carbocycles. The Morgan fingerprint density at radius 2 is 2.25 bits per heavy atom. The summed E-state index contributed by atoms with van der Waals surface area (Å²) in [4.78, 5) is 13.6. The van der Waals surface area contributed by atoms with Crippen LogP contribution >= 0.6 is 0 Å². The Hall–Kier alpha value is -1.17. The zero-order valence-corrected chi connectivity index (χ0v) is 10.2. The van der Waals surface area contributed by atoms with Crippen LogP contribution in [0.15, 0.2) is 0 Å². The number of terminal acetylenes is 1. The van der Waals surface area contributed by atoms with Gasteiger partial charge in [0.05, 0.1) is 5.41 Å². The Morgan fingerprint density at radius 1 is 1.56 bits per heavy atom. The lowest BCUT2D eigenvalue weighted by Gasteiger charge is -2.38. The summed E-state index contributed by atoms with van der Waals surface area (Å²) in [5, 5.41) is 0. The van der Waals surface area contributed by atoms with Crippen molar-refractivity contribution in [1.82, 2.24) is 4.90 Å². The monoisotopic (exact) mass is 221 g/mol. The minimum Gasteiger partial charge on any atom is -0.444 e. The van der Waals surface area contributed by atoms with Gasteiger partial charge in [0, 0.05) is 13.1 Å². The van der Waals surface area contributed by atoms with E-state index < -0.39 is 5.60 Å². The number of ether oxygens (including phenoxy) is 1. The molecule has 0 N–H and O–H groups in total. The van der Waals surface area contributed by atoms with Crippen LogP contribution in [-0.4, -0.2) is 29.7 Å². The standard InChI is InChI=1S/C13H19NO2/c1-5-13-7-6-10(13)8-14(9-13)11(15)16-12(2,3)4/h1,10H,6-9H2,2-4H3. The number of rotatable bonds is 0. The minimum atomic E-state index is -0.429. The highest BCUT2D eigenvalue weighted by Gasteiger charge is 2.53. The number of carbonyl (C=O) groups is 1. The van der Waals surface area contributed by atoms with Gasteiger partial charge >= 0.3 is 6.09 Å². The molecular weight excluding hydrogens is 202 g/mol. The second-order valence-electron chi connectivity index (χ2n) is 5.90. The van der Waals surface area contributed by atoms with Gasteiger partial charge in [-0.1, -0.05) is 5.92 Å². The molecule has 0 spiro atoms. The van der Waals surface area contributed by atoms with Crippen molar-refractivity contribution in [2.45, 2.75) is 39.2 Å². The number of carbonyl (C=O) groups excluding carboxylic acids is 1. The fourth-order valence-corrected chi connectivity index (χ4v) is 2.54. The number of hydrogen-bond donors (Lipinski definition) is 0. The molecular formula is C13H19NO2. The van der Waals surface area contributed by atoms with Crippen molar-refractivity contribution in [3.63, 3.8) is 0 Å². The first-order valence-electron chi connectivity index (χ1n) is 5.82. The van der Waals surface area contributed by atoms with E-state index in [4.69, 9.17) is 11.2 Å². The van der Waals surface area contributed by atoms with Crippen LogP contribution in [0.5, 0.6) is 0 Å². The van der Waals surface area contributed by atoms with Crippen molar-refractivity contribution in [1.29, 1.82) is 0 Å².